The molecule has 1 fully saturated rings. The van der Waals surface area contributed by atoms with Crippen molar-refractivity contribution in [3.8, 4) is 0 Å². The van der Waals surface area contributed by atoms with Crippen molar-refractivity contribution in [2.45, 2.75) is 38.0 Å². The topological polar surface area (TPSA) is 77.8 Å². The van der Waals surface area contributed by atoms with Crippen LogP contribution in [0.2, 0.25) is 0 Å². The molecule has 5 nitrogen and oxygen atoms in total. The van der Waals surface area contributed by atoms with Gasteiger partial charge in [0.15, 0.2) is 5.82 Å². The van der Waals surface area contributed by atoms with E-state index in [-0.39, 0.29) is 0 Å². The minimum Gasteiger partial charge on any atom is -0.380 e. The number of hydrogen-bond donors (Lipinski definition) is 1. The summed E-state index contributed by atoms with van der Waals surface area (Å²) in [6.45, 7) is 0. The summed E-state index contributed by atoms with van der Waals surface area (Å²) in [5, 5.41) is 4.12. The number of nitrogens with two attached hydrogens (primary N) is 1. The lowest BCUT2D eigenvalue weighted by Gasteiger charge is -2.18. The normalized spacial score (nSPS) is 18.0. The summed E-state index contributed by atoms with van der Waals surface area (Å²) in [4.78, 5) is 8.13. The first-order valence-corrected chi connectivity index (χ1v) is 5.72. The van der Waals surface area contributed by atoms with Crippen molar-refractivity contribution in [1.29, 1.82) is 0 Å². The van der Waals surface area contributed by atoms with Crippen LogP contribution >= 0.6 is 0 Å². The number of aromatic nitrogens is 3. The summed E-state index contributed by atoms with van der Waals surface area (Å²) in [5.74, 6) is 0.851. The van der Waals surface area contributed by atoms with E-state index in [2.05, 4.69) is 15.1 Å². The van der Waals surface area contributed by atoms with E-state index in [9.17, 15) is 0 Å². The Bertz CT molecular complexity index is 502. The van der Waals surface area contributed by atoms with Crippen LogP contribution in [-0.2, 0) is 0 Å². The van der Waals surface area contributed by atoms with E-state index in [1.54, 1.807) is 0 Å². The Kier molecular flexibility index (Phi) is 2.23. The van der Waals surface area contributed by atoms with Gasteiger partial charge < -0.3 is 10.3 Å². The van der Waals surface area contributed by atoms with Gasteiger partial charge in [0.05, 0.1) is 0 Å². The molecule has 1 saturated carbocycles. The molecule has 0 aromatic carbocycles. The van der Waals surface area contributed by atoms with Crippen LogP contribution in [-0.4, -0.2) is 15.1 Å². The summed E-state index contributed by atoms with van der Waals surface area (Å²) in [6.07, 6.45) is 7.67. The first-order valence-electron chi connectivity index (χ1n) is 5.72. The molecule has 16 heavy (non-hydrogen) atoms. The SMILES string of the molecule is Nc1ncnc2c(C3CCCCC3)noc12. The van der Waals surface area contributed by atoms with Crippen molar-refractivity contribution < 1.29 is 4.52 Å². The van der Waals surface area contributed by atoms with E-state index in [4.69, 9.17) is 10.3 Å². The Hall–Kier alpha value is -1.65. The average Bonchev–Trinajstić information content (AvgIpc) is 2.75. The fourth-order valence-electron chi connectivity index (χ4n) is 2.44. The highest BCUT2D eigenvalue weighted by Gasteiger charge is 2.23. The monoisotopic (exact) mass is 218 g/mol. The van der Waals surface area contributed by atoms with E-state index in [0.29, 0.717) is 17.3 Å². The van der Waals surface area contributed by atoms with Gasteiger partial charge in [0.1, 0.15) is 17.5 Å². The first kappa shape index (κ1) is 9.57. The van der Waals surface area contributed by atoms with Crippen molar-refractivity contribution >= 4 is 16.9 Å². The van der Waals surface area contributed by atoms with Gasteiger partial charge in [-0.25, -0.2) is 9.97 Å². The highest BCUT2D eigenvalue weighted by Crippen LogP contribution is 2.35. The second-order valence-corrected chi connectivity index (χ2v) is 4.34. The van der Waals surface area contributed by atoms with Crippen LogP contribution < -0.4 is 5.73 Å². The van der Waals surface area contributed by atoms with E-state index in [1.165, 1.54) is 38.4 Å². The zero-order chi connectivity index (χ0) is 11.0. The van der Waals surface area contributed by atoms with Crippen LogP contribution in [0.1, 0.15) is 43.7 Å². The van der Waals surface area contributed by atoms with Crippen molar-refractivity contribution in [3.63, 3.8) is 0 Å². The first-order chi connectivity index (χ1) is 7.86. The summed E-state index contributed by atoms with van der Waals surface area (Å²) in [5.41, 5.74) is 8.00. The van der Waals surface area contributed by atoms with Crippen LogP contribution in [0.25, 0.3) is 11.1 Å². The van der Waals surface area contributed by atoms with E-state index < -0.39 is 0 Å². The average molecular weight is 218 g/mol. The van der Waals surface area contributed by atoms with Crippen molar-refractivity contribution in [3.05, 3.63) is 12.0 Å². The van der Waals surface area contributed by atoms with Gasteiger partial charge >= 0.3 is 0 Å². The molecule has 0 saturated heterocycles. The zero-order valence-corrected chi connectivity index (χ0v) is 9.02. The van der Waals surface area contributed by atoms with Crippen molar-refractivity contribution in [2.75, 3.05) is 5.73 Å². The Balaban J connectivity index is 2.06. The molecule has 1 aliphatic rings. The standard InChI is InChI=1S/C11H14N4O/c12-11-10-9(13-6-14-11)8(15-16-10)7-4-2-1-3-5-7/h6-7H,1-5H2,(H2,12,13,14). The van der Waals surface area contributed by atoms with Gasteiger partial charge in [0, 0.05) is 5.92 Å². The largest absolute Gasteiger partial charge is 0.380 e. The van der Waals surface area contributed by atoms with Gasteiger partial charge in [-0.05, 0) is 12.8 Å². The molecule has 0 aliphatic heterocycles. The zero-order valence-electron chi connectivity index (χ0n) is 9.02. The molecule has 0 atom stereocenters. The molecule has 0 spiro atoms. The number of fused-ring (bicyclic) bond motifs is 1. The van der Waals surface area contributed by atoms with E-state index >= 15 is 0 Å². The molecule has 2 N–H and O–H groups in total. The lowest BCUT2D eigenvalue weighted by molar-refractivity contribution is 0.396. The molecule has 1 aliphatic carbocycles. The number of nitrogens with zero attached hydrogens (tertiary/aromatic N) is 3. The van der Waals surface area contributed by atoms with Gasteiger partial charge in [0.2, 0.25) is 5.58 Å². The van der Waals surface area contributed by atoms with Gasteiger partial charge in [-0.1, -0.05) is 24.4 Å². The predicted octanol–water partition coefficient (Wildman–Crippen LogP) is 2.25. The third-order valence-electron chi connectivity index (χ3n) is 3.30. The molecular weight excluding hydrogens is 204 g/mol. The number of hydrogen-bond acceptors (Lipinski definition) is 5. The quantitative estimate of drug-likeness (QED) is 0.794. The fraction of sp³-hybridized carbons (Fsp3) is 0.545. The lowest BCUT2D eigenvalue weighted by Crippen LogP contribution is -2.05. The molecule has 0 bridgehead atoms. The Labute approximate surface area is 93.0 Å². The molecule has 0 amide bonds. The molecule has 2 aromatic heterocycles. The van der Waals surface area contributed by atoms with Gasteiger partial charge in [-0.2, -0.15) is 0 Å². The Morgan fingerprint density at radius 1 is 1.19 bits per heavy atom. The van der Waals surface area contributed by atoms with E-state index in [1.807, 2.05) is 0 Å². The smallest absolute Gasteiger partial charge is 0.227 e. The number of nitrogen functional groups attached to an aromatic ring is 1. The summed E-state index contributed by atoms with van der Waals surface area (Å²) >= 11 is 0. The van der Waals surface area contributed by atoms with Crippen molar-refractivity contribution in [1.82, 2.24) is 15.1 Å². The summed E-state index contributed by atoms with van der Waals surface area (Å²) in [6, 6.07) is 0. The molecule has 5 heteroatoms. The number of anilines is 1. The molecule has 2 heterocycles. The number of rotatable bonds is 1. The van der Waals surface area contributed by atoms with Gasteiger partial charge in [-0.3, -0.25) is 0 Å². The van der Waals surface area contributed by atoms with Gasteiger partial charge in [0.25, 0.3) is 0 Å². The minimum absolute atomic E-state index is 0.375. The molecule has 2 aromatic rings. The lowest BCUT2D eigenvalue weighted by atomic mass is 9.86. The summed E-state index contributed by atoms with van der Waals surface area (Å²) < 4.78 is 5.23. The molecule has 84 valence electrons. The maximum atomic E-state index is 5.71. The third-order valence-corrected chi connectivity index (χ3v) is 3.30. The summed E-state index contributed by atoms with van der Waals surface area (Å²) in [7, 11) is 0. The molecular formula is C11H14N4O. The maximum Gasteiger partial charge on any atom is 0.227 e. The Morgan fingerprint density at radius 2 is 2.00 bits per heavy atom. The van der Waals surface area contributed by atoms with Gasteiger partial charge in [-0.15, -0.1) is 0 Å². The third kappa shape index (κ3) is 1.43. The molecule has 3 rings (SSSR count). The fourth-order valence-corrected chi connectivity index (χ4v) is 2.44. The maximum absolute atomic E-state index is 5.71. The Morgan fingerprint density at radius 3 is 2.81 bits per heavy atom. The van der Waals surface area contributed by atoms with Crippen LogP contribution in [0.15, 0.2) is 10.9 Å². The van der Waals surface area contributed by atoms with Crippen LogP contribution in [0.3, 0.4) is 0 Å². The van der Waals surface area contributed by atoms with Crippen LogP contribution in [0.5, 0.6) is 0 Å². The van der Waals surface area contributed by atoms with E-state index in [0.717, 1.165) is 11.2 Å². The minimum atomic E-state index is 0.375. The van der Waals surface area contributed by atoms with Crippen LogP contribution in [0, 0.1) is 0 Å². The second-order valence-electron chi connectivity index (χ2n) is 4.34. The second kappa shape index (κ2) is 3.73. The molecule has 0 unspecified atom stereocenters. The molecule has 0 radical (unpaired) electrons. The van der Waals surface area contributed by atoms with Crippen molar-refractivity contribution in [2.24, 2.45) is 0 Å². The van der Waals surface area contributed by atoms with Crippen LogP contribution in [0.4, 0.5) is 5.82 Å². The highest BCUT2D eigenvalue weighted by atomic mass is 16.5. The predicted molar refractivity (Wildman–Crippen MR) is 59.8 cm³/mol. The highest BCUT2D eigenvalue weighted by molar-refractivity contribution is 5.83.